The minimum absolute atomic E-state index is 0.0559. The molecule has 2 aliphatic carbocycles. The molecule has 3 rings (SSSR count). The number of alkyl carbamates (subject to hydrolysis) is 1. The van der Waals surface area contributed by atoms with Gasteiger partial charge >= 0.3 is 6.09 Å². The third-order valence-electron chi connectivity index (χ3n) is 7.79. The average Bonchev–Trinajstić information content (AvgIpc) is 3.53. The molecule has 2 saturated carbocycles. The summed E-state index contributed by atoms with van der Waals surface area (Å²) in [5.41, 5.74) is 2.27. The van der Waals surface area contributed by atoms with Gasteiger partial charge in [0.15, 0.2) is 0 Å². The van der Waals surface area contributed by atoms with Crippen molar-refractivity contribution in [1.82, 2.24) is 15.5 Å². The van der Waals surface area contributed by atoms with E-state index in [0.29, 0.717) is 6.42 Å². The van der Waals surface area contributed by atoms with E-state index < -0.39 is 23.8 Å². The van der Waals surface area contributed by atoms with Crippen molar-refractivity contribution in [3.05, 3.63) is 34.9 Å². The molecule has 7 heteroatoms. The molecule has 0 saturated heterocycles. The quantitative estimate of drug-likeness (QED) is 0.414. The van der Waals surface area contributed by atoms with Crippen LogP contribution in [-0.4, -0.2) is 46.5 Å². The van der Waals surface area contributed by atoms with Crippen molar-refractivity contribution in [2.45, 2.75) is 130 Å². The maximum absolute atomic E-state index is 14.4. The van der Waals surface area contributed by atoms with Crippen molar-refractivity contribution >= 4 is 17.9 Å². The lowest BCUT2D eigenvalue weighted by atomic mass is 9.92. The molecule has 1 aromatic carbocycles. The van der Waals surface area contributed by atoms with Gasteiger partial charge in [0, 0.05) is 12.1 Å². The molecule has 2 N–H and O–H groups in total. The fourth-order valence-electron chi connectivity index (χ4n) is 5.51. The van der Waals surface area contributed by atoms with Gasteiger partial charge in [-0.05, 0) is 88.8 Å². The lowest BCUT2D eigenvalue weighted by Gasteiger charge is -2.37. The molecule has 0 radical (unpaired) electrons. The fraction of sp³-hybridized carbons (Fsp3) is 0.710. The summed E-state index contributed by atoms with van der Waals surface area (Å²) in [7, 11) is 0. The van der Waals surface area contributed by atoms with E-state index in [1.807, 2.05) is 45.9 Å². The number of hydrogen-bond donors (Lipinski definition) is 2. The van der Waals surface area contributed by atoms with Crippen LogP contribution >= 0.6 is 0 Å². The van der Waals surface area contributed by atoms with Gasteiger partial charge in [0.05, 0.1) is 0 Å². The van der Waals surface area contributed by atoms with E-state index in [0.717, 1.165) is 48.8 Å². The van der Waals surface area contributed by atoms with Crippen molar-refractivity contribution in [3.8, 4) is 0 Å². The van der Waals surface area contributed by atoms with Gasteiger partial charge < -0.3 is 20.3 Å². The Morgan fingerprint density at radius 2 is 1.71 bits per heavy atom. The molecule has 212 valence electrons. The van der Waals surface area contributed by atoms with Gasteiger partial charge in [-0.1, -0.05) is 58.2 Å². The number of rotatable bonds is 9. The predicted molar refractivity (Wildman–Crippen MR) is 151 cm³/mol. The summed E-state index contributed by atoms with van der Waals surface area (Å²) in [6.45, 7) is 15.6. The van der Waals surface area contributed by atoms with E-state index in [1.165, 1.54) is 6.42 Å². The third kappa shape index (κ3) is 7.97. The van der Waals surface area contributed by atoms with Gasteiger partial charge in [0.1, 0.15) is 17.7 Å². The van der Waals surface area contributed by atoms with Crippen LogP contribution < -0.4 is 10.6 Å². The first-order valence-electron chi connectivity index (χ1n) is 14.5. The Morgan fingerprint density at radius 1 is 1.08 bits per heavy atom. The van der Waals surface area contributed by atoms with Crippen LogP contribution in [0.2, 0.25) is 0 Å². The first kappa shape index (κ1) is 30.0. The second-order valence-electron chi connectivity index (χ2n) is 12.9. The van der Waals surface area contributed by atoms with E-state index in [4.69, 9.17) is 4.74 Å². The molecular formula is C31H49N3O4. The standard InChI is InChI=1S/C31H49N3O4/c1-19(2)17-25(33-30(37)38-31(6,7)8)29(36)34(26-18-21(26)4)27(24-16-12-13-20(3)22(24)5)28(35)32-23-14-10-9-11-15-23/h12-13,16,19,21,23,25-27H,9-11,14-15,17-18H2,1-8H3,(H,32,35)(H,33,37). The van der Waals surface area contributed by atoms with Gasteiger partial charge in [-0.3, -0.25) is 9.59 Å². The average molecular weight is 528 g/mol. The Kier molecular flexibility index (Phi) is 9.88. The lowest BCUT2D eigenvalue weighted by molar-refractivity contribution is -0.144. The van der Waals surface area contributed by atoms with Crippen LogP contribution in [0, 0.1) is 25.7 Å². The number of nitrogens with one attached hydrogen (secondary N) is 2. The predicted octanol–water partition coefficient (Wildman–Crippen LogP) is 5.97. The van der Waals surface area contributed by atoms with E-state index in [-0.39, 0.29) is 35.7 Å². The fourth-order valence-corrected chi connectivity index (χ4v) is 5.51. The summed E-state index contributed by atoms with van der Waals surface area (Å²) in [6.07, 6.45) is 6.03. The molecule has 0 heterocycles. The second kappa shape index (κ2) is 12.5. The highest BCUT2D eigenvalue weighted by Crippen LogP contribution is 2.42. The van der Waals surface area contributed by atoms with Crippen LogP contribution in [0.15, 0.2) is 18.2 Å². The molecule has 3 amide bonds. The van der Waals surface area contributed by atoms with Crippen LogP contribution in [0.1, 0.15) is 109 Å². The molecule has 0 aromatic heterocycles. The summed E-state index contributed by atoms with van der Waals surface area (Å²) in [4.78, 5) is 43.1. The molecule has 38 heavy (non-hydrogen) atoms. The Bertz CT molecular complexity index is 993. The molecule has 0 spiro atoms. The molecule has 4 unspecified atom stereocenters. The van der Waals surface area contributed by atoms with E-state index >= 15 is 0 Å². The van der Waals surface area contributed by atoms with Crippen molar-refractivity contribution in [2.24, 2.45) is 11.8 Å². The number of amides is 3. The second-order valence-corrected chi connectivity index (χ2v) is 12.9. The van der Waals surface area contributed by atoms with Gasteiger partial charge in [-0.15, -0.1) is 0 Å². The molecule has 0 bridgehead atoms. The van der Waals surface area contributed by atoms with Gasteiger partial charge in [-0.25, -0.2) is 4.79 Å². The summed E-state index contributed by atoms with van der Waals surface area (Å²) < 4.78 is 5.50. The van der Waals surface area contributed by atoms with Gasteiger partial charge in [0.2, 0.25) is 11.8 Å². The smallest absolute Gasteiger partial charge is 0.408 e. The van der Waals surface area contributed by atoms with Crippen LogP contribution in [0.5, 0.6) is 0 Å². The number of carbonyl (C=O) groups is 3. The normalized spacial score (nSPS) is 21.4. The maximum atomic E-state index is 14.4. The maximum Gasteiger partial charge on any atom is 0.408 e. The molecule has 4 atom stereocenters. The van der Waals surface area contributed by atoms with Crippen molar-refractivity contribution in [3.63, 3.8) is 0 Å². The summed E-state index contributed by atoms with van der Waals surface area (Å²) in [5.74, 6) is 0.102. The first-order valence-corrected chi connectivity index (χ1v) is 14.5. The zero-order valence-electron chi connectivity index (χ0n) is 24.7. The van der Waals surface area contributed by atoms with Crippen LogP contribution in [0.3, 0.4) is 0 Å². The Balaban J connectivity index is 2.01. The topological polar surface area (TPSA) is 87.7 Å². The van der Waals surface area contributed by atoms with Crippen molar-refractivity contribution < 1.29 is 19.1 Å². The first-order chi connectivity index (χ1) is 17.8. The van der Waals surface area contributed by atoms with E-state index in [1.54, 1.807) is 25.7 Å². The highest BCUT2D eigenvalue weighted by Gasteiger charge is 2.48. The summed E-state index contributed by atoms with van der Waals surface area (Å²) in [6, 6.07) is 4.50. The van der Waals surface area contributed by atoms with Crippen molar-refractivity contribution in [1.29, 1.82) is 0 Å². The molecule has 1 aromatic rings. The summed E-state index contributed by atoms with van der Waals surface area (Å²) >= 11 is 0. The number of hydrogen-bond acceptors (Lipinski definition) is 4. The number of benzene rings is 1. The molecule has 2 aliphatic rings. The third-order valence-corrected chi connectivity index (χ3v) is 7.79. The lowest BCUT2D eigenvalue weighted by Crippen LogP contribution is -2.55. The zero-order valence-corrected chi connectivity index (χ0v) is 24.7. The Labute approximate surface area is 229 Å². The Morgan fingerprint density at radius 3 is 2.26 bits per heavy atom. The van der Waals surface area contributed by atoms with Gasteiger partial charge in [-0.2, -0.15) is 0 Å². The molecular weight excluding hydrogens is 478 g/mol. The molecule has 7 nitrogen and oxygen atoms in total. The highest BCUT2D eigenvalue weighted by molar-refractivity contribution is 5.93. The van der Waals surface area contributed by atoms with Crippen LogP contribution in [0.25, 0.3) is 0 Å². The number of ether oxygens (including phenoxy) is 1. The zero-order chi connectivity index (χ0) is 28.2. The van der Waals surface area contributed by atoms with Crippen molar-refractivity contribution in [2.75, 3.05) is 0 Å². The largest absolute Gasteiger partial charge is 0.444 e. The number of carbonyl (C=O) groups excluding carboxylic acids is 3. The molecule has 0 aliphatic heterocycles. The minimum Gasteiger partial charge on any atom is -0.444 e. The summed E-state index contributed by atoms with van der Waals surface area (Å²) in [5, 5.41) is 6.15. The van der Waals surface area contributed by atoms with E-state index in [9.17, 15) is 14.4 Å². The Hall–Kier alpha value is -2.57. The molecule has 2 fully saturated rings. The number of aryl methyl sites for hydroxylation is 1. The van der Waals surface area contributed by atoms with Crippen LogP contribution in [-0.2, 0) is 14.3 Å². The monoisotopic (exact) mass is 527 g/mol. The SMILES string of the molecule is Cc1cccc(C(C(=O)NC2CCCCC2)N(C(=O)C(CC(C)C)NC(=O)OC(C)(C)C)C2CC2C)c1C. The minimum atomic E-state index is -0.784. The highest BCUT2D eigenvalue weighted by atomic mass is 16.6. The van der Waals surface area contributed by atoms with E-state index in [2.05, 4.69) is 17.6 Å². The van der Waals surface area contributed by atoms with Crippen LogP contribution in [0.4, 0.5) is 4.79 Å². The van der Waals surface area contributed by atoms with Gasteiger partial charge in [0.25, 0.3) is 0 Å². The number of nitrogens with zero attached hydrogens (tertiary/aromatic N) is 1.